The summed E-state index contributed by atoms with van der Waals surface area (Å²) in [6, 6.07) is 2.86. The molecule has 1 aliphatic heterocycles. The summed E-state index contributed by atoms with van der Waals surface area (Å²) in [6.07, 6.45) is 0.427. The minimum Gasteiger partial charge on any atom is -0.465 e. The van der Waals surface area contributed by atoms with Crippen molar-refractivity contribution in [2.75, 3.05) is 36.4 Å². The van der Waals surface area contributed by atoms with E-state index >= 15 is 0 Å². The maximum atomic E-state index is 11.7. The van der Waals surface area contributed by atoms with Gasteiger partial charge in [0.25, 0.3) is 0 Å². The van der Waals surface area contributed by atoms with E-state index in [4.69, 9.17) is 5.11 Å². The van der Waals surface area contributed by atoms with E-state index in [0.29, 0.717) is 31.7 Å². The van der Waals surface area contributed by atoms with Gasteiger partial charge in [0.05, 0.1) is 10.5 Å². The largest absolute Gasteiger partial charge is 0.465 e. The number of piperazine rings is 1. The SMILES string of the molecule is CC(=O)C1(Nc2ccc([N+](=O)[O-])c(N3CCN(C(=O)O)CC3)n2)CC1. The van der Waals surface area contributed by atoms with E-state index in [2.05, 4.69) is 10.3 Å². The Labute approximate surface area is 143 Å². The summed E-state index contributed by atoms with van der Waals surface area (Å²) in [5, 5.41) is 23.4. The van der Waals surface area contributed by atoms with Crippen LogP contribution in [0, 0.1) is 10.1 Å². The molecule has 3 rings (SSSR count). The van der Waals surface area contributed by atoms with Crippen molar-refractivity contribution in [3.63, 3.8) is 0 Å². The molecular formula is C15H19N5O5. The average molecular weight is 349 g/mol. The predicted molar refractivity (Wildman–Crippen MR) is 89.0 cm³/mol. The number of aromatic nitrogens is 1. The molecule has 2 aliphatic rings. The maximum absolute atomic E-state index is 11.7. The van der Waals surface area contributed by atoms with Crippen molar-refractivity contribution in [2.24, 2.45) is 0 Å². The number of carbonyl (C=O) groups excluding carboxylic acids is 1. The summed E-state index contributed by atoms with van der Waals surface area (Å²) >= 11 is 0. The second kappa shape index (κ2) is 6.19. The summed E-state index contributed by atoms with van der Waals surface area (Å²) in [5.41, 5.74) is -0.746. The number of rotatable bonds is 5. The van der Waals surface area contributed by atoms with Crippen LogP contribution in [0.15, 0.2) is 12.1 Å². The molecule has 134 valence electrons. The summed E-state index contributed by atoms with van der Waals surface area (Å²) < 4.78 is 0. The molecule has 1 saturated heterocycles. The number of pyridine rings is 1. The highest BCUT2D eigenvalue weighted by Crippen LogP contribution is 2.40. The van der Waals surface area contributed by atoms with Gasteiger partial charge in [-0.15, -0.1) is 0 Å². The van der Waals surface area contributed by atoms with Crippen LogP contribution in [0.25, 0.3) is 0 Å². The van der Waals surface area contributed by atoms with Crippen molar-refractivity contribution < 1.29 is 19.6 Å². The molecule has 2 heterocycles. The average Bonchev–Trinajstić information content (AvgIpc) is 3.35. The molecule has 0 spiro atoms. The first-order chi connectivity index (χ1) is 11.8. The van der Waals surface area contributed by atoms with Crippen LogP contribution in [-0.2, 0) is 4.79 Å². The lowest BCUT2D eigenvalue weighted by atomic mass is 10.2. The molecule has 2 N–H and O–H groups in total. The first-order valence-electron chi connectivity index (χ1n) is 8.00. The lowest BCUT2D eigenvalue weighted by Crippen LogP contribution is -2.48. The lowest BCUT2D eigenvalue weighted by Gasteiger charge is -2.33. The first-order valence-corrected chi connectivity index (χ1v) is 8.00. The van der Waals surface area contributed by atoms with Gasteiger partial charge < -0.3 is 20.2 Å². The Morgan fingerprint density at radius 1 is 1.28 bits per heavy atom. The third kappa shape index (κ3) is 3.32. The van der Waals surface area contributed by atoms with Crippen LogP contribution in [-0.4, -0.2) is 63.5 Å². The van der Waals surface area contributed by atoms with Gasteiger partial charge in [-0.25, -0.2) is 9.78 Å². The number of nitro groups is 1. The second-order valence-electron chi connectivity index (χ2n) is 6.32. The Morgan fingerprint density at radius 2 is 1.92 bits per heavy atom. The van der Waals surface area contributed by atoms with Crippen molar-refractivity contribution in [3.8, 4) is 0 Å². The maximum Gasteiger partial charge on any atom is 0.407 e. The van der Waals surface area contributed by atoms with Crippen molar-refractivity contribution >= 4 is 29.2 Å². The summed E-state index contributed by atoms with van der Waals surface area (Å²) in [5.74, 6) is 0.623. The molecule has 1 amide bonds. The monoisotopic (exact) mass is 349 g/mol. The molecule has 1 saturated carbocycles. The van der Waals surface area contributed by atoms with E-state index in [-0.39, 0.29) is 30.4 Å². The quantitative estimate of drug-likeness (QED) is 0.601. The molecule has 0 radical (unpaired) electrons. The highest BCUT2D eigenvalue weighted by Gasteiger charge is 2.47. The topological polar surface area (TPSA) is 129 Å². The molecule has 1 aliphatic carbocycles. The fourth-order valence-corrected chi connectivity index (χ4v) is 2.93. The number of carbonyl (C=O) groups is 2. The van der Waals surface area contributed by atoms with Crippen molar-refractivity contribution in [2.45, 2.75) is 25.3 Å². The number of nitrogens with one attached hydrogen (secondary N) is 1. The van der Waals surface area contributed by atoms with E-state index in [1.54, 1.807) is 4.90 Å². The van der Waals surface area contributed by atoms with Gasteiger partial charge in [0.2, 0.25) is 5.82 Å². The lowest BCUT2D eigenvalue weighted by molar-refractivity contribution is -0.384. The number of nitrogens with zero attached hydrogens (tertiary/aromatic N) is 4. The van der Waals surface area contributed by atoms with E-state index in [9.17, 15) is 19.7 Å². The third-order valence-electron chi connectivity index (χ3n) is 4.69. The highest BCUT2D eigenvalue weighted by molar-refractivity contribution is 5.92. The number of ketones is 1. The summed E-state index contributed by atoms with van der Waals surface area (Å²) in [7, 11) is 0. The standard InChI is InChI=1S/C15H19N5O5/c1-10(21)15(4-5-15)17-12-3-2-11(20(24)25)13(16-12)18-6-8-19(9-7-18)14(22)23/h2-3H,4-9H2,1H3,(H,16,17)(H,22,23). The zero-order valence-electron chi connectivity index (χ0n) is 13.8. The van der Waals surface area contributed by atoms with Crippen molar-refractivity contribution in [3.05, 3.63) is 22.2 Å². The van der Waals surface area contributed by atoms with Gasteiger partial charge in [-0.1, -0.05) is 0 Å². The fraction of sp³-hybridized carbons (Fsp3) is 0.533. The normalized spacial score (nSPS) is 18.6. The molecule has 2 fully saturated rings. The van der Waals surface area contributed by atoms with E-state index < -0.39 is 16.6 Å². The van der Waals surface area contributed by atoms with Gasteiger partial charge in [-0.3, -0.25) is 14.9 Å². The van der Waals surface area contributed by atoms with Gasteiger partial charge >= 0.3 is 11.8 Å². The number of Topliss-reactive ketones (excluding diaryl/α,β-unsaturated/α-hetero) is 1. The third-order valence-corrected chi connectivity index (χ3v) is 4.69. The first kappa shape index (κ1) is 16.9. The van der Waals surface area contributed by atoms with Crippen LogP contribution >= 0.6 is 0 Å². The molecule has 10 heteroatoms. The summed E-state index contributed by atoms with van der Waals surface area (Å²) in [4.78, 5) is 40.8. The predicted octanol–water partition coefficient (Wildman–Crippen LogP) is 1.32. The van der Waals surface area contributed by atoms with Gasteiger partial charge in [0.15, 0.2) is 5.78 Å². The van der Waals surface area contributed by atoms with Gasteiger partial charge in [0.1, 0.15) is 5.82 Å². The molecule has 0 bridgehead atoms. The smallest absolute Gasteiger partial charge is 0.407 e. The second-order valence-corrected chi connectivity index (χ2v) is 6.32. The molecule has 1 aromatic rings. The van der Waals surface area contributed by atoms with Gasteiger partial charge in [-0.2, -0.15) is 0 Å². The number of carboxylic acid groups (broad SMARTS) is 1. The Balaban J connectivity index is 1.84. The number of amides is 1. The van der Waals surface area contributed by atoms with Crippen LogP contribution < -0.4 is 10.2 Å². The van der Waals surface area contributed by atoms with Gasteiger partial charge in [-0.05, 0) is 25.8 Å². The Kier molecular flexibility index (Phi) is 4.19. The van der Waals surface area contributed by atoms with E-state index in [0.717, 1.165) is 0 Å². The van der Waals surface area contributed by atoms with Crippen molar-refractivity contribution in [1.82, 2.24) is 9.88 Å². The molecular weight excluding hydrogens is 330 g/mol. The molecule has 25 heavy (non-hydrogen) atoms. The number of hydrogen-bond donors (Lipinski definition) is 2. The molecule has 1 aromatic heterocycles. The van der Waals surface area contributed by atoms with E-state index in [1.807, 2.05) is 0 Å². The van der Waals surface area contributed by atoms with Crippen LogP contribution in [0.1, 0.15) is 19.8 Å². The van der Waals surface area contributed by atoms with Crippen LogP contribution in [0.4, 0.5) is 22.1 Å². The van der Waals surface area contributed by atoms with E-state index in [1.165, 1.54) is 24.0 Å². The van der Waals surface area contributed by atoms with Crippen LogP contribution in [0.5, 0.6) is 0 Å². The molecule has 10 nitrogen and oxygen atoms in total. The Morgan fingerprint density at radius 3 is 2.40 bits per heavy atom. The molecule has 0 aromatic carbocycles. The zero-order valence-corrected chi connectivity index (χ0v) is 13.8. The fourth-order valence-electron chi connectivity index (χ4n) is 2.93. The zero-order chi connectivity index (χ0) is 18.2. The minimum atomic E-state index is -1.00. The van der Waals surface area contributed by atoms with Crippen LogP contribution in [0.2, 0.25) is 0 Å². The molecule has 0 atom stereocenters. The Hall–Kier alpha value is -2.91. The van der Waals surface area contributed by atoms with Gasteiger partial charge in [0, 0.05) is 32.2 Å². The highest BCUT2D eigenvalue weighted by atomic mass is 16.6. The van der Waals surface area contributed by atoms with Crippen LogP contribution in [0.3, 0.4) is 0 Å². The minimum absolute atomic E-state index is 0.0178. The molecule has 0 unspecified atom stereocenters. The summed E-state index contributed by atoms with van der Waals surface area (Å²) in [6.45, 7) is 2.66. The number of anilines is 2. The van der Waals surface area contributed by atoms with Crippen molar-refractivity contribution in [1.29, 1.82) is 0 Å². The number of hydrogen-bond acceptors (Lipinski definition) is 7. The Bertz CT molecular complexity index is 725.